The van der Waals surface area contributed by atoms with Crippen molar-refractivity contribution in [2.45, 2.75) is 46.5 Å². The molecule has 0 bridgehead atoms. The maximum atomic E-state index is 11.9. The number of nitrogens with one attached hydrogen (secondary N) is 2. The largest absolute Gasteiger partial charge is 0.462 e. The molecule has 1 aliphatic carbocycles. The molecule has 0 heterocycles. The van der Waals surface area contributed by atoms with E-state index in [1.165, 1.54) is 24.8 Å². The lowest BCUT2D eigenvalue weighted by Gasteiger charge is -2.11. The van der Waals surface area contributed by atoms with E-state index in [0.29, 0.717) is 12.3 Å². The molecule has 2 N–H and O–H groups in total. The number of esters is 1. The lowest BCUT2D eigenvalue weighted by atomic mass is 10.0. The van der Waals surface area contributed by atoms with Gasteiger partial charge in [-0.15, -0.1) is 0 Å². The summed E-state index contributed by atoms with van der Waals surface area (Å²) in [5.41, 5.74) is 4.48. The summed E-state index contributed by atoms with van der Waals surface area (Å²) in [6.45, 7) is 6.12. The maximum absolute atomic E-state index is 11.9. The molecule has 1 aromatic rings. The predicted octanol–water partition coefficient (Wildman–Crippen LogP) is 5.43. The van der Waals surface area contributed by atoms with Gasteiger partial charge in [-0.2, -0.15) is 0 Å². The van der Waals surface area contributed by atoms with Crippen molar-refractivity contribution < 1.29 is 9.53 Å². The Labute approximate surface area is 162 Å². The Balaban J connectivity index is 2.02. The summed E-state index contributed by atoms with van der Waals surface area (Å²) in [6, 6.07) is 8.09. The second kappa shape index (κ2) is 10.5. The Bertz CT molecular complexity index is 759. The van der Waals surface area contributed by atoms with Gasteiger partial charge in [-0.05, 0) is 63.1 Å². The molecule has 1 aromatic carbocycles. The SMILES string of the molecule is CCOC(=O)/C(C=N)=C(\C)Nc1cccc(C/C=C\C=C2\CCCC2C)c1. The fourth-order valence-electron chi connectivity index (χ4n) is 3.28. The van der Waals surface area contributed by atoms with Crippen molar-refractivity contribution in [3.8, 4) is 0 Å². The van der Waals surface area contributed by atoms with E-state index < -0.39 is 5.97 Å². The minimum Gasteiger partial charge on any atom is -0.462 e. The molecule has 144 valence electrons. The highest BCUT2D eigenvalue weighted by molar-refractivity contribution is 6.09. The lowest BCUT2D eigenvalue weighted by Crippen LogP contribution is -2.13. The predicted molar refractivity (Wildman–Crippen MR) is 112 cm³/mol. The zero-order chi connectivity index (χ0) is 19.6. The van der Waals surface area contributed by atoms with Gasteiger partial charge in [-0.25, -0.2) is 4.79 Å². The molecule has 0 saturated heterocycles. The van der Waals surface area contributed by atoms with Crippen LogP contribution in [-0.2, 0) is 16.0 Å². The first-order valence-corrected chi connectivity index (χ1v) is 9.65. The molecule has 4 heteroatoms. The summed E-state index contributed by atoms with van der Waals surface area (Å²) >= 11 is 0. The van der Waals surface area contributed by atoms with Crippen LogP contribution < -0.4 is 5.32 Å². The number of carbonyl (C=O) groups excluding carboxylic acids is 1. The summed E-state index contributed by atoms with van der Waals surface area (Å²) in [5.74, 6) is 0.241. The van der Waals surface area contributed by atoms with E-state index in [0.717, 1.165) is 24.2 Å². The molecule has 0 radical (unpaired) electrons. The molecule has 0 amide bonds. The molecular formula is C23H30N2O2. The molecule has 1 unspecified atom stereocenters. The van der Waals surface area contributed by atoms with Crippen molar-refractivity contribution in [3.63, 3.8) is 0 Å². The van der Waals surface area contributed by atoms with Crippen LogP contribution in [-0.4, -0.2) is 18.8 Å². The van der Waals surface area contributed by atoms with Gasteiger partial charge in [0.05, 0.1) is 12.2 Å². The average molecular weight is 367 g/mol. The molecular weight excluding hydrogens is 336 g/mol. The van der Waals surface area contributed by atoms with Crippen LogP contribution in [0.4, 0.5) is 5.69 Å². The van der Waals surface area contributed by atoms with Crippen LogP contribution in [0.5, 0.6) is 0 Å². The summed E-state index contributed by atoms with van der Waals surface area (Å²) in [5, 5.41) is 10.7. The summed E-state index contributed by atoms with van der Waals surface area (Å²) < 4.78 is 4.99. The van der Waals surface area contributed by atoms with E-state index in [1.807, 2.05) is 12.1 Å². The van der Waals surface area contributed by atoms with Crippen LogP contribution in [0.2, 0.25) is 0 Å². The molecule has 0 aromatic heterocycles. The van der Waals surface area contributed by atoms with Crippen molar-refractivity contribution in [3.05, 3.63) is 64.9 Å². The molecule has 2 rings (SSSR count). The molecule has 1 saturated carbocycles. The second-order valence-electron chi connectivity index (χ2n) is 6.90. The van der Waals surface area contributed by atoms with Crippen LogP contribution in [0, 0.1) is 11.3 Å². The standard InChI is InChI=1S/C23H30N2O2/c1-4-27-23(26)22(16-24)18(3)25-21-14-8-11-19(15-21)10-5-6-12-20-13-7-9-17(20)2/h5-6,8,11-12,14-17,24-25H,4,7,9-10,13H2,1-3H3/b6-5-,20-12-,22-18+,24-16?. The molecule has 1 fully saturated rings. The number of allylic oxidation sites excluding steroid dienone is 5. The van der Waals surface area contributed by atoms with E-state index >= 15 is 0 Å². The van der Waals surface area contributed by atoms with Gasteiger partial charge in [0.1, 0.15) is 0 Å². The van der Waals surface area contributed by atoms with Gasteiger partial charge in [-0.3, -0.25) is 0 Å². The molecule has 4 nitrogen and oxygen atoms in total. The summed E-state index contributed by atoms with van der Waals surface area (Å²) in [7, 11) is 0. The van der Waals surface area contributed by atoms with Crippen LogP contribution in [0.1, 0.15) is 45.6 Å². The number of carbonyl (C=O) groups is 1. The fourth-order valence-corrected chi connectivity index (χ4v) is 3.28. The Morgan fingerprint density at radius 3 is 2.89 bits per heavy atom. The van der Waals surface area contributed by atoms with E-state index in [2.05, 4.69) is 42.6 Å². The minimum atomic E-state index is -0.481. The monoisotopic (exact) mass is 366 g/mol. The highest BCUT2D eigenvalue weighted by Gasteiger charge is 2.14. The van der Waals surface area contributed by atoms with Gasteiger partial charge in [-0.1, -0.05) is 42.9 Å². The molecule has 0 aliphatic heterocycles. The van der Waals surface area contributed by atoms with Crippen molar-refractivity contribution in [1.82, 2.24) is 0 Å². The zero-order valence-electron chi connectivity index (χ0n) is 16.5. The third-order valence-electron chi connectivity index (χ3n) is 4.84. The molecule has 1 aliphatic rings. The van der Waals surface area contributed by atoms with Crippen molar-refractivity contribution in [2.75, 3.05) is 11.9 Å². The Morgan fingerprint density at radius 1 is 1.41 bits per heavy atom. The van der Waals surface area contributed by atoms with E-state index in [4.69, 9.17) is 10.1 Å². The van der Waals surface area contributed by atoms with Gasteiger partial charge in [0.2, 0.25) is 0 Å². The second-order valence-corrected chi connectivity index (χ2v) is 6.90. The first-order valence-electron chi connectivity index (χ1n) is 9.65. The van der Waals surface area contributed by atoms with Crippen molar-refractivity contribution in [2.24, 2.45) is 5.92 Å². The number of hydrogen-bond donors (Lipinski definition) is 2. The Hall–Kier alpha value is -2.62. The van der Waals surface area contributed by atoms with Crippen LogP contribution in [0.25, 0.3) is 0 Å². The van der Waals surface area contributed by atoms with Crippen LogP contribution in [0.15, 0.2) is 59.3 Å². The molecule has 1 atom stereocenters. The van der Waals surface area contributed by atoms with Crippen molar-refractivity contribution >= 4 is 17.9 Å². The minimum absolute atomic E-state index is 0.236. The number of rotatable bonds is 8. The third kappa shape index (κ3) is 6.24. The van der Waals surface area contributed by atoms with E-state index in [9.17, 15) is 4.79 Å². The van der Waals surface area contributed by atoms with Gasteiger partial charge < -0.3 is 15.5 Å². The summed E-state index contributed by atoms with van der Waals surface area (Å²) in [4.78, 5) is 11.9. The van der Waals surface area contributed by atoms with E-state index in [1.54, 1.807) is 19.4 Å². The first-order chi connectivity index (χ1) is 13.0. The number of ether oxygens (including phenoxy) is 1. The topological polar surface area (TPSA) is 62.2 Å². The van der Waals surface area contributed by atoms with Crippen molar-refractivity contribution in [1.29, 1.82) is 5.41 Å². The van der Waals surface area contributed by atoms with E-state index in [-0.39, 0.29) is 5.57 Å². The normalized spacial score (nSPS) is 19.2. The van der Waals surface area contributed by atoms with Gasteiger partial charge >= 0.3 is 5.97 Å². The Morgan fingerprint density at radius 2 is 2.22 bits per heavy atom. The molecule has 27 heavy (non-hydrogen) atoms. The Kier molecular flexibility index (Phi) is 8.05. The number of anilines is 1. The first kappa shape index (κ1) is 20.7. The highest BCUT2D eigenvalue weighted by atomic mass is 16.5. The smallest absolute Gasteiger partial charge is 0.341 e. The molecule has 0 spiro atoms. The number of benzene rings is 1. The average Bonchev–Trinajstić information content (AvgIpc) is 3.05. The van der Waals surface area contributed by atoms with Crippen LogP contribution >= 0.6 is 0 Å². The van der Waals surface area contributed by atoms with Gasteiger partial charge in [0.15, 0.2) is 0 Å². The summed E-state index contributed by atoms with van der Waals surface area (Å²) in [6.07, 6.45) is 12.3. The number of hydrogen-bond acceptors (Lipinski definition) is 4. The van der Waals surface area contributed by atoms with Gasteiger partial charge in [0, 0.05) is 17.6 Å². The third-order valence-corrected chi connectivity index (χ3v) is 4.84. The van der Waals surface area contributed by atoms with Crippen LogP contribution in [0.3, 0.4) is 0 Å². The fraction of sp³-hybridized carbons (Fsp3) is 0.391. The maximum Gasteiger partial charge on any atom is 0.341 e. The zero-order valence-corrected chi connectivity index (χ0v) is 16.5. The highest BCUT2D eigenvalue weighted by Crippen LogP contribution is 2.30. The lowest BCUT2D eigenvalue weighted by molar-refractivity contribution is -0.137. The quantitative estimate of drug-likeness (QED) is 0.366. The van der Waals surface area contributed by atoms with Gasteiger partial charge in [0.25, 0.3) is 0 Å².